The molecule has 0 amide bonds. The summed E-state index contributed by atoms with van der Waals surface area (Å²) in [4.78, 5) is 48.0. The first-order chi connectivity index (χ1) is 32.2. The lowest BCUT2D eigenvalue weighted by atomic mass is 10.1. The summed E-state index contributed by atoms with van der Waals surface area (Å²) in [6, 6.07) is 23.2. The first-order valence-electron chi connectivity index (χ1n) is 20.9. The van der Waals surface area contributed by atoms with Crippen LogP contribution in [0.3, 0.4) is 0 Å². The molecule has 5 aromatic rings. The molecular formula is C49H48N6O11. The van der Waals surface area contributed by atoms with E-state index in [1.807, 2.05) is 26.0 Å². The molecule has 0 radical (unpaired) electrons. The Kier molecular flexibility index (Phi) is 18.8. The molecule has 0 fully saturated rings. The number of benzene rings is 3. The van der Waals surface area contributed by atoms with Crippen LogP contribution in [0.5, 0.6) is 11.6 Å². The summed E-state index contributed by atoms with van der Waals surface area (Å²) in [7, 11) is 0. The Morgan fingerprint density at radius 1 is 0.803 bits per heavy atom. The van der Waals surface area contributed by atoms with Crippen molar-refractivity contribution in [3.63, 3.8) is 0 Å². The summed E-state index contributed by atoms with van der Waals surface area (Å²) in [6.07, 6.45) is 4.87. The van der Waals surface area contributed by atoms with E-state index < -0.39 is 29.6 Å². The molecule has 340 valence electrons. The fraction of sp³-hybridized carbons (Fsp3) is 0.306. The molecule has 66 heavy (non-hydrogen) atoms. The van der Waals surface area contributed by atoms with Crippen molar-refractivity contribution in [1.82, 2.24) is 19.5 Å². The van der Waals surface area contributed by atoms with Crippen LogP contribution in [0.25, 0.3) is 0 Å². The highest BCUT2D eigenvalue weighted by atomic mass is 16.6. The number of carbonyl (C=O) groups excluding carboxylic acids is 1. The molecule has 0 bridgehead atoms. The third-order valence-electron chi connectivity index (χ3n) is 9.29. The summed E-state index contributed by atoms with van der Waals surface area (Å²) in [5.41, 5.74) is 3.15. The third kappa shape index (κ3) is 15.4. The Morgan fingerprint density at radius 3 is 2.09 bits per heavy atom. The zero-order valence-corrected chi connectivity index (χ0v) is 36.5. The fourth-order valence-corrected chi connectivity index (χ4v) is 6.12. The van der Waals surface area contributed by atoms with Crippen LogP contribution in [0, 0.1) is 48.9 Å². The lowest BCUT2D eigenvalue weighted by Crippen LogP contribution is -2.34. The van der Waals surface area contributed by atoms with Gasteiger partial charge in [0, 0.05) is 29.7 Å². The third-order valence-corrected chi connectivity index (χ3v) is 9.29. The van der Waals surface area contributed by atoms with E-state index in [1.54, 1.807) is 79.0 Å². The van der Waals surface area contributed by atoms with E-state index in [0.29, 0.717) is 75.0 Å². The highest BCUT2D eigenvalue weighted by Gasteiger charge is 2.24. The van der Waals surface area contributed by atoms with E-state index in [1.165, 1.54) is 10.8 Å². The van der Waals surface area contributed by atoms with Crippen LogP contribution in [0.1, 0.15) is 44.4 Å². The van der Waals surface area contributed by atoms with Gasteiger partial charge in [0.05, 0.1) is 70.1 Å². The molecule has 2 atom stereocenters. The number of carbonyl (C=O) groups is 1. The second kappa shape index (κ2) is 25.8. The maximum absolute atomic E-state index is 12.5. The van der Waals surface area contributed by atoms with Gasteiger partial charge in [-0.3, -0.25) is 14.3 Å². The van der Waals surface area contributed by atoms with Crippen molar-refractivity contribution in [2.45, 2.75) is 26.2 Å². The van der Waals surface area contributed by atoms with Crippen molar-refractivity contribution in [3.05, 3.63) is 152 Å². The van der Waals surface area contributed by atoms with Gasteiger partial charge in [-0.05, 0) is 79.6 Å². The van der Waals surface area contributed by atoms with Crippen molar-refractivity contribution in [2.24, 2.45) is 0 Å². The molecule has 3 aromatic carbocycles. The van der Waals surface area contributed by atoms with Crippen molar-refractivity contribution in [3.8, 4) is 41.4 Å². The molecule has 2 aromatic heterocycles. The quantitative estimate of drug-likeness (QED) is 0.0399. The Balaban J connectivity index is 0.766. The number of ether oxygens (including phenoxy) is 8. The maximum atomic E-state index is 12.5. The Morgan fingerprint density at radius 2 is 1.44 bits per heavy atom. The number of aromatic amines is 1. The molecule has 17 heteroatoms. The zero-order valence-electron chi connectivity index (χ0n) is 36.5. The minimum absolute atomic E-state index is 0.0410. The molecule has 3 heterocycles. The van der Waals surface area contributed by atoms with Gasteiger partial charge < -0.3 is 43.2 Å². The summed E-state index contributed by atoms with van der Waals surface area (Å²) in [5.74, 6) is 12.6. The molecule has 0 aliphatic carbocycles. The van der Waals surface area contributed by atoms with Crippen LogP contribution < -0.4 is 21.3 Å². The predicted octanol–water partition coefficient (Wildman–Crippen LogP) is 5.15. The predicted molar refractivity (Wildman–Crippen MR) is 241 cm³/mol. The van der Waals surface area contributed by atoms with Crippen molar-refractivity contribution in [2.75, 3.05) is 78.0 Å². The first-order valence-corrected chi connectivity index (χ1v) is 20.9. The fourth-order valence-electron chi connectivity index (χ4n) is 6.12. The molecule has 0 saturated carbocycles. The number of nitriles is 1. The number of aryl methyl sites for hydroxylation is 2. The average molecular weight is 897 g/mol. The van der Waals surface area contributed by atoms with E-state index in [0.717, 1.165) is 22.4 Å². The zero-order chi connectivity index (χ0) is 46.4. The van der Waals surface area contributed by atoms with E-state index in [2.05, 4.69) is 50.0 Å². The number of anilines is 2. The standard InChI is InChI=1S/C49H48N6O11/c1-35-30-38(31-36(2)45(35)66-43-18-19-51-48(53-43)52-41-14-12-37(32-50)13-15-41)8-6-20-59-22-24-61-26-28-63-29-27-62-25-23-60-21-7-11-40-33-55(49(58)54-46(40)56)44-17-16-42(65-44)34-64-47(57)39-9-4-3-5-10-39/h3-5,9-10,12-19,30-31,33,42,44H,20-29,34H2,1-2H3,(H,51,52,53)(H,54,56,58). The van der Waals surface area contributed by atoms with Crippen molar-refractivity contribution in [1.29, 1.82) is 5.26 Å². The number of rotatable bonds is 22. The molecule has 1 aliphatic rings. The smallest absolute Gasteiger partial charge is 0.338 e. The minimum Gasteiger partial charge on any atom is -0.459 e. The second-order valence-corrected chi connectivity index (χ2v) is 14.2. The molecule has 0 saturated heterocycles. The van der Waals surface area contributed by atoms with Crippen LogP contribution >= 0.6 is 0 Å². The lowest BCUT2D eigenvalue weighted by Gasteiger charge is -2.16. The average Bonchev–Trinajstić information content (AvgIpc) is 3.80. The number of hydrogen-bond donors (Lipinski definition) is 2. The molecule has 2 N–H and O–H groups in total. The van der Waals surface area contributed by atoms with Gasteiger partial charge in [-0.2, -0.15) is 10.2 Å². The van der Waals surface area contributed by atoms with Crippen LogP contribution in [0.4, 0.5) is 11.6 Å². The molecule has 0 spiro atoms. The first kappa shape index (κ1) is 48.1. The van der Waals surface area contributed by atoms with Gasteiger partial charge in [-0.15, -0.1) is 0 Å². The minimum atomic E-state index is -0.812. The van der Waals surface area contributed by atoms with Gasteiger partial charge in [-0.1, -0.05) is 48.0 Å². The maximum Gasteiger partial charge on any atom is 0.338 e. The summed E-state index contributed by atoms with van der Waals surface area (Å²) in [6.45, 7) is 7.13. The van der Waals surface area contributed by atoms with Crippen LogP contribution in [0.15, 0.2) is 107 Å². The van der Waals surface area contributed by atoms with Crippen molar-refractivity contribution >= 4 is 17.6 Å². The number of hydrogen-bond acceptors (Lipinski definition) is 15. The molecular weight excluding hydrogens is 849 g/mol. The summed E-state index contributed by atoms with van der Waals surface area (Å²) in [5, 5.41) is 12.1. The molecule has 17 nitrogen and oxygen atoms in total. The van der Waals surface area contributed by atoms with Gasteiger partial charge in [0.15, 0.2) is 6.23 Å². The Hall–Kier alpha value is -7.40. The van der Waals surface area contributed by atoms with Crippen LogP contribution in [-0.2, 0) is 33.2 Å². The number of esters is 1. The van der Waals surface area contributed by atoms with Gasteiger partial charge in [0.25, 0.3) is 5.56 Å². The van der Waals surface area contributed by atoms with E-state index >= 15 is 0 Å². The highest BCUT2D eigenvalue weighted by Crippen LogP contribution is 2.29. The number of aromatic nitrogens is 4. The van der Waals surface area contributed by atoms with Crippen LogP contribution in [0.2, 0.25) is 0 Å². The topological polar surface area (TPSA) is 207 Å². The highest BCUT2D eigenvalue weighted by molar-refractivity contribution is 5.89. The summed E-state index contributed by atoms with van der Waals surface area (Å²) < 4.78 is 46.1. The Bertz CT molecular complexity index is 2690. The van der Waals surface area contributed by atoms with Gasteiger partial charge >= 0.3 is 11.7 Å². The summed E-state index contributed by atoms with van der Waals surface area (Å²) >= 11 is 0. The molecule has 2 unspecified atom stereocenters. The largest absolute Gasteiger partial charge is 0.459 e. The van der Waals surface area contributed by atoms with Gasteiger partial charge in [-0.25, -0.2) is 14.6 Å². The second-order valence-electron chi connectivity index (χ2n) is 14.2. The van der Waals surface area contributed by atoms with E-state index in [4.69, 9.17) is 43.2 Å². The van der Waals surface area contributed by atoms with Gasteiger partial charge in [0.1, 0.15) is 37.2 Å². The van der Waals surface area contributed by atoms with E-state index in [-0.39, 0.29) is 32.0 Å². The number of nitrogens with one attached hydrogen (secondary N) is 2. The monoisotopic (exact) mass is 896 g/mol. The Labute approximate surface area is 381 Å². The number of nitrogens with zero attached hydrogens (tertiary/aromatic N) is 4. The lowest BCUT2D eigenvalue weighted by molar-refractivity contribution is -0.0223. The SMILES string of the molecule is Cc1cc(C#CCOCCOCCOCCOCCOCC#Cc2cn(C3C=CC(COC(=O)c4ccccc4)O3)c(=O)[nH]c2=O)cc(C)c1Oc1ccnc(Nc2ccc(C#N)cc2)n1. The molecule has 6 rings (SSSR count). The molecule has 1 aliphatic heterocycles. The normalized spacial score (nSPS) is 13.8. The number of H-pyrrole nitrogens is 1. The van der Waals surface area contributed by atoms with Crippen molar-refractivity contribution < 1.29 is 42.7 Å². The van der Waals surface area contributed by atoms with E-state index in [9.17, 15) is 14.4 Å². The van der Waals surface area contributed by atoms with Crippen LogP contribution in [-0.4, -0.2) is 104 Å². The van der Waals surface area contributed by atoms with Gasteiger partial charge in [0.2, 0.25) is 11.8 Å².